The van der Waals surface area contributed by atoms with Crippen molar-refractivity contribution in [3.05, 3.63) is 42.0 Å². The van der Waals surface area contributed by atoms with E-state index in [9.17, 15) is 9.90 Å². The molecule has 0 spiro atoms. The molecule has 0 aromatic carbocycles. The Morgan fingerprint density at radius 1 is 1.33 bits per heavy atom. The predicted octanol–water partition coefficient (Wildman–Crippen LogP) is 1.50. The van der Waals surface area contributed by atoms with Crippen LogP contribution in [0.2, 0.25) is 0 Å². The van der Waals surface area contributed by atoms with Crippen molar-refractivity contribution in [3.8, 4) is 5.88 Å². The van der Waals surface area contributed by atoms with Crippen LogP contribution in [0, 0.1) is 5.92 Å². The second-order valence-corrected chi connectivity index (χ2v) is 5.74. The molecule has 2 aromatic rings. The van der Waals surface area contributed by atoms with Crippen molar-refractivity contribution in [1.82, 2.24) is 15.0 Å². The Hall–Kier alpha value is -2.74. The van der Waals surface area contributed by atoms with Gasteiger partial charge in [0, 0.05) is 12.3 Å². The fraction of sp³-hybridized carbons (Fsp3) is 0.375. The molecule has 1 aliphatic rings. The Balaban J connectivity index is 1.84. The molecule has 126 valence electrons. The number of ether oxygens (including phenoxy) is 1. The highest BCUT2D eigenvalue weighted by Crippen LogP contribution is 2.39. The number of hydrogen-bond acceptors (Lipinski definition) is 7. The lowest BCUT2D eigenvalue weighted by Crippen LogP contribution is -2.36. The number of aromatic carboxylic acids is 1. The maximum atomic E-state index is 11.0. The Kier molecular flexibility index (Phi) is 4.57. The van der Waals surface area contributed by atoms with Gasteiger partial charge >= 0.3 is 5.97 Å². The quantitative estimate of drug-likeness (QED) is 0.729. The third-order valence-corrected chi connectivity index (χ3v) is 4.11. The van der Waals surface area contributed by atoms with Gasteiger partial charge < -0.3 is 20.3 Å². The maximum absolute atomic E-state index is 11.0. The number of carboxylic acids is 1. The van der Waals surface area contributed by atoms with Crippen molar-refractivity contribution < 1.29 is 19.7 Å². The van der Waals surface area contributed by atoms with Gasteiger partial charge in [-0.3, -0.25) is 4.98 Å². The molecule has 2 heterocycles. The maximum Gasteiger partial charge on any atom is 0.356 e. The molecule has 1 atom stereocenters. The third kappa shape index (κ3) is 3.43. The topological polar surface area (TPSA) is 117 Å². The van der Waals surface area contributed by atoms with E-state index < -0.39 is 5.97 Å². The smallest absolute Gasteiger partial charge is 0.356 e. The van der Waals surface area contributed by atoms with E-state index in [0.29, 0.717) is 24.5 Å². The minimum absolute atomic E-state index is 0.125. The minimum atomic E-state index is -1.13. The van der Waals surface area contributed by atoms with Gasteiger partial charge in [0.05, 0.1) is 31.6 Å². The lowest BCUT2D eigenvalue weighted by Gasteiger charge is -2.38. The summed E-state index contributed by atoms with van der Waals surface area (Å²) in [7, 11) is 1.55. The van der Waals surface area contributed by atoms with E-state index in [-0.39, 0.29) is 23.8 Å². The molecule has 1 fully saturated rings. The highest BCUT2D eigenvalue weighted by molar-refractivity contribution is 5.85. The Morgan fingerprint density at radius 2 is 2.12 bits per heavy atom. The number of nitrogens with zero attached hydrogens (tertiary/aromatic N) is 3. The second-order valence-electron chi connectivity index (χ2n) is 5.74. The number of hydrogen-bond donors (Lipinski definition) is 3. The van der Waals surface area contributed by atoms with Gasteiger partial charge in [-0.1, -0.05) is 6.07 Å². The van der Waals surface area contributed by atoms with Gasteiger partial charge in [0.1, 0.15) is 5.82 Å². The number of anilines is 1. The van der Waals surface area contributed by atoms with E-state index in [1.54, 1.807) is 19.4 Å². The lowest BCUT2D eigenvalue weighted by atomic mass is 9.75. The number of pyridine rings is 1. The molecule has 1 saturated carbocycles. The molecular formula is C16H18N4O4. The molecule has 0 amide bonds. The molecule has 0 radical (unpaired) electrons. The highest BCUT2D eigenvalue weighted by atomic mass is 16.5. The van der Waals surface area contributed by atoms with Crippen molar-refractivity contribution in [1.29, 1.82) is 0 Å². The van der Waals surface area contributed by atoms with Crippen LogP contribution in [0.15, 0.2) is 30.7 Å². The van der Waals surface area contributed by atoms with Crippen molar-refractivity contribution in [2.75, 3.05) is 12.4 Å². The van der Waals surface area contributed by atoms with Crippen LogP contribution in [0.4, 0.5) is 5.82 Å². The van der Waals surface area contributed by atoms with E-state index in [1.807, 2.05) is 6.07 Å². The van der Waals surface area contributed by atoms with E-state index >= 15 is 0 Å². The van der Waals surface area contributed by atoms with Crippen LogP contribution in [0.1, 0.15) is 34.9 Å². The van der Waals surface area contributed by atoms with Gasteiger partial charge in [-0.25, -0.2) is 14.8 Å². The number of aliphatic hydroxyl groups is 1. The monoisotopic (exact) mass is 330 g/mol. The summed E-state index contributed by atoms with van der Waals surface area (Å²) in [6.45, 7) is 0. The highest BCUT2D eigenvalue weighted by Gasteiger charge is 2.35. The molecule has 3 rings (SSSR count). The van der Waals surface area contributed by atoms with Gasteiger partial charge in [-0.15, -0.1) is 0 Å². The zero-order valence-electron chi connectivity index (χ0n) is 13.1. The van der Waals surface area contributed by atoms with Gasteiger partial charge in [-0.05, 0) is 24.3 Å². The Morgan fingerprint density at radius 3 is 2.71 bits per heavy atom. The zero-order chi connectivity index (χ0) is 17.1. The van der Waals surface area contributed by atoms with E-state index in [0.717, 1.165) is 5.56 Å². The normalized spacial score (nSPS) is 20.8. The molecule has 2 aromatic heterocycles. The van der Waals surface area contributed by atoms with Crippen LogP contribution in [0.3, 0.4) is 0 Å². The summed E-state index contributed by atoms with van der Waals surface area (Å²) in [6.07, 6.45) is 5.40. The minimum Gasteiger partial charge on any atom is -0.481 e. The lowest BCUT2D eigenvalue weighted by molar-refractivity contribution is 0.0338. The molecule has 1 aliphatic carbocycles. The fourth-order valence-electron chi connectivity index (χ4n) is 2.77. The largest absolute Gasteiger partial charge is 0.481 e. The fourth-order valence-corrected chi connectivity index (χ4v) is 2.77. The number of carboxylic acid groups (broad SMARTS) is 1. The number of rotatable bonds is 6. The molecule has 0 saturated heterocycles. The van der Waals surface area contributed by atoms with Crippen LogP contribution in [-0.2, 0) is 0 Å². The number of carbonyl (C=O) groups is 1. The first-order valence-corrected chi connectivity index (χ1v) is 7.56. The van der Waals surface area contributed by atoms with Crippen LogP contribution in [0.5, 0.6) is 5.88 Å². The van der Waals surface area contributed by atoms with Crippen LogP contribution >= 0.6 is 0 Å². The summed E-state index contributed by atoms with van der Waals surface area (Å²) in [5, 5.41) is 21.9. The van der Waals surface area contributed by atoms with E-state index in [4.69, 9.17) is 9.84 Å². The molecule has 3 N–H and O–H groups in total. The molecule has 8 nitrogen and oxygen atoms in total. The zero-order valence-corrected chi connectivity index (χ0v) is 13.1. The van der Waals surface area contributed by atoms with Gasteiger partial charge in [0.2, 0.25) is 5.88 Å². The number of methoxy groups -OCH3 is 1. The van der Waals surface area contributed by atoms with Crippen molar-refractivity contribution in [2.24, 2.45) is 5.92 Å². The summed E-state index contributed by atoms with van der Waals surface area (Å²) >= 11 is 0. The van der Waals surface area contributed by atoms with Crippen LogP contribution in [-0.4, -0.2) is 44.3 Å². The third-order valence-electron chi connectivity index (χ3n) is 4.11. The molecular weight excluding hydrogens is 312 g/mol. The molecule has 0 bridgehead atoms. The number of aromatic nitrogens is 3. The molecule has 0 unspecified atom stereocenters. The van der Waals surface area contributed by atoms with Crippen LogP contribution < -0.4 is 10.1 Å². The standard InChI is InChI=1S/C16H18N4O4/c1-24-14-3-2-9(6-18-14)15(10-4-11(21)5-10)20-13-8-17-7-12(19-13)16(22)23/h2-3,6-8,10-11,15,21H,4-5H2,1H3,(H,19,20)(H,22,23)/t10?,11?,15-/m0/s1. The molecule has 0 aliphatic heterocycles. The summed E-state index contributed by atoms with van der Waals surface area (Å²) in [4.78, 5) is 23.2. The number of aliphatic hydroxyl groups excluding tert-OH is 1. The average Bonchev–Trinajstić information content (AvgIpc) is 2.57. The molecule has 8 heteroatoms. The second kappa shape index (κ2) is 6.79. The number of nitrogens with one attached hydrogen (secondary N) is 1. The average molecular weight is 330 g/mol. The first-order valence-electron chi connectivity index (χ1n) is 7.56. The first-order chi connectivity index (χ1) is 11.6. The summed E-state index contributed by atoms with van der Waals surface area (Å²) in [5.41, 5.74) is 0.787. The van der Waals surface area contributed by atoms with Crippen molar-refractivity contribution >= 4 is 11.8 Å². The summed E-state index contributed by atoms with van der Waals surface area (Å²) in [6, 6.07) is 3.51. The predicted molar refractivity (Wildman–Crippen MR) is 84.9 cm³/mol. The van der Waals surface area contributed by atoms with Crippen LogP contribution in [0.25, 0.3) is 0 Å². The first kappa shape index (κ1) is 16.1. The molecule has 24 heavy (non-hydrogen) atoms. The Labute approximate surface area is 138 Å². The van der Waals surface area contributed by atoms with Crippen molar-refractivity contribution in [3.63, 3.8) is 0 Å². The summed E-state index contributed by atoms with van der Waals surface area (Å²) < 4.78 is 5.07. The summed E-state index contributed by atoms with van der Waals surface area (Å²) in [5.74, 6) is -0.0470. The Bertz CT molecular complexity index is 716. The van der Waals surface area contributed by atoms with Gasteiger partial charge in [0.15, 0.2) is 5.69 Å². The van der Waals surface area contributed by atoms with E-state index in [1.165, 1.54) is 12.4 Å². The van der Waals surface area contributed by atoms with Gasteiger partial charge in [0.25, 0.3) is 0 Å². The SMILES string of the molecule is COc1ccc([C@H](Nc2cncc(C(=O)O)n2)C2CC(O)C2)cn1. The van der Waals surface area contributed by atoms with Gasteiger partial charge in [-0.2, -0.15) is 0 Å². The van der Waals surface area contributed by atoms with Crippen molar-refractivity contribution in [2.45, 2.75) is 25.0 Å². The van der Waals surface area contributed by atoms with E-state index in [2.05, 4.69) is 20.3 Å².